The van der Waals surface area contributed by atoms with Gasteiger partial charge in [-0.25, -0.2) is 4.79 Å². The molecule has 2 aromatic rings. The lowest BCUT2D eigenvalue weighted by atomic mass is 9.79. The van der Waals surface area contributed by atoms with Gasteiger partial charge in [-0.3, -0.25) is 4.79 Å². The number of amides is 1. The van der Waals surface area contributed by atoms with Crippen molar-refractivity contribution in [3.8, 4) is 0 Å². The van der Waals surface area contributed by atoms with E-state index in [2.05, 4.69) is 5.32 Å². The summed E-state index contributed by atoms with van der Waals surface area (Å²) in [6, 6.07) is 12.7. The maximum atomic E-state index is 12.3. The van der Waals surface area contributed by atoms with E-state index in [0.717, 1.165) is 11.1 Å². The van der Waals surface area contributed by atoms with Crippen molar-refractivity contribution < 1.29 is 29.1 Å². The molecule has 0 radical (unpaired) electrons. The summed E-state index contributed by atoms with van der Waals surface area (Å²) in [5, 5.41) is 21.6. The number of carbonyl (C=O) groups is 2. The van der Waals surface area contributed by atoms with Crippen molar-refractivity contribution in [1.29, 1.82) is 0 Å². The number of aliphatic hydroxyl groups is 1. The van der Waals surface area contributed by atoms with Gasteiger partial charge in [0.15, 0.2) is 6.04 Å². The van der Waals surface area contributed by atoms with Crippen LogP contribution < -0.4 is 10.8 Å². The van der Waals surface area contributed by atoms with Crippen molar-refractivity contribution in [2.24, 2.45) is 0 Å². The summed E-state index contributed by atoms with van der Waals surface area (Å²) in [5.74, 6) is -1.28. The second-order valence-corrected chi connectivity index (χ2v) is 5.88. The minimum atomic E-state index is -1.18. The highest BCUT2D eigenvalue weighted by Gasteiger charge is 2.29. The van der Waals surface area contributed by atoms with Gasteiger partial charge in [0, 0.05) is 5.56 Å². The van der Waals surface area contributed by atoms with Crippen molar-refractivity contribution in [2.75, 3.05) is 6.61 Å². The van der Waals surface area contributed by atoms with Gasteiger partial charge in [-0.15, -0.1) is 0 Å². The van der Waals surface area contributed by atoms with Crippen LogP contribution in [0.5, 0.6) is 0 Å². The third kappa shape index (κ3) is 4.11. The number of ether oxygens (including phenoxy) is 1. The van der Waals surface area contributed by atoms with Crippen molar-refractivity contribution in [3.63, 3.8) is 0 Å². The monoisotopic (exact) mass is 355 g/mol. The molecule has 3 rings (SSSR count). The second kappa shape index (κ2) is 8.14. The summed E-state index contributed by atoms with van der Waals surface area (Å²) < 4.78 is 10.2. The van der Waals surface area contributed by atoms with E-state index in [0.29, 0.717) is 5.46 Å². The second-order valence-electron chi connectivity index (χ2n) is 5.88. The third-order valence-corrected chi connectivity index (χ3v) is 4.07. The number of nitrogens with one attached hydrogen (secondary N) is 1. The van der Waals surface area contributed by atoms with Crippen LogP contribution in [0, 0.1) is 0 Å². The highest BCUT2D eigenvalue weighted by molar-refractivity contribution is 6.61. The Morgan fingerprint density at radius 3 is 2.73 bits per heavy atom. The van der Waals surface area contributed by atoms with Crippen molar-refractivity contribution in [1.82, 2.24) is 5.32 Å². The molecule has 0 saturated heterocycles. The molecule has 2 aromatic carbocycles. The van der Waals surface area contributed by atoms with Crippen LogP contribution in [0.15, 0.2) is 48.5 Å². The summed E-state index contributed by atoms with van der Waals surface area (Å²) in [4.78, 5) is 24.4. The molecule has 0 spiro atoms. The fourth-order valence-electron chi connectivity index (χ4n) is 2.61. The molecule has 1 atom stereocenters. The molecule has 0 aromatic heterocycles. The van der Waals surface area contributed by atoms with Gasteiger partial charge in [-0.1, -0.05) is 36.4 Å². The zero-order chi connectivity index (χ0) is 18.5. The zero-order valence-corrected chi connectivity index (χ0v) is 13.9. The number of hydrogen-bond donors (Lipinski definition) is 3. The van der Waals surface area contributed by atoms with Crippen LogP contribution in [0.1, 0.15) is 21.5 Å². The summed E-state index contributed by atoms with van der Waals surface area (Å²) in [6.45, 7) is -0.256. The highest BCUT2D eigenvalue weighted by Crippen LogP contribution is 2.11. The SMILES string of the molecule is O=C(N[C@@H](CO)C(=O)OCc1ccccc1)c1ccc2c(c1)B(O)OC2. The summed E-state index contributed by atoms with van der Waals surface area (Å²) >= 11 is 0. The number of hydrogen-bond acceptors (Lipinski definition) is 6. The van der Waals surface area contributed by atoms with Crippen LogP contribution in [0.2, 0.25) is 0 Å². The van der Waals surface area contributed by atoms with Crippen LogP contribution >= 0.6 is 0 Å². The molecule has 8 heteroatoms. The van der Waals surface area contributed by atoms with Gasteiger partial charge < -0.3 is 24.8 Å². The number of carbonyl (C=O) groups excluding carboxylic acids is 2. The first-order chi connectivity index (χ1) is 12.6. The molecule has 0 aliphatic carbocycles. The normalized spacial score (nSPS) is 13.8. The minimum absolute atomic E-state index is 0.0500. The molecule has 7 nitrogen and oxygen atoms in total. The Balaban J connectivity index is 1.61. The first kappa shape index (κ1) is 18.1. The molecule has 1 heterocycles. The third-order valence-electron chi connectivity index (χ3n) is 4.07. The van der Waals surface area contributed by atoms with Crippen molar-refractivity contribution in [2.45, 2.75) is 19.3 Å². The standard InChI is InChI=1S/C18H18BNO6/c21-9-16(18(23)25-10-12-4-2-1-3-5-12)20-17(22)13-6-7-14-11-26-19(24)15(14)8-13/h1-8,16,21,24H,9-11H2,(H,20,22)/t16-/m0/s1. The van der Waals surface area contributed by atoms with Gasteiger partial charge in [-0.05, 0) is 28.7 Å². The quantitative estimate of drug-likeness (QED) is 0.487. The molecule has 0 bridgehead atoms. The van der Waals surface area contributed by atoms with E-state index in [1.54, 1.807) is 24.3 Å². The summed E-state index contributed by atoms with van der Waals surface area (Å²) in [7, 11) is -1.07. The lowest BCUT2D eigenvalue weighted by molar-refractivity contribution is -0.148. The average Bonchev–Trinajstić information content (AvgIpc) is 3.05. The number of esters is 1. The van der Waals surface area contributed by atoms with E-state index in [1.807, 2.05) is 18.2 Å². The fraction of sp³-hybridized carbons (Fsp3) is 0.222. The van der Waals surface area contributed by atoms with Gasteiger partial charge in [0.1, 0.15) is 6.61 Å². The van der Waals surface area contributed by atoms with E-state index in [4.69, 9.17) is 9.39 Å². The summed E-state index contributed by atoms with van der Waals surface area (Å²) in [5.41, 5.74) is 2.37. The molecule has 26 heavy (non-hydrogen) atoms. The molecule has 1 aliphatic rings. The van der Waals surface area contributed by atoms with Crippen LogP contribution in [0.3, 0.4) is 0 Å². The van der Waals surface area contributed by atoms with Gasteiger partial charge in [-0.2, -0.15) is 0 Å². The Bertz CT molecular complexity index is 798. The average molecular weight is 355 g/mol. The number of benzene rings is 2. The molecular formula is C18H18BNO6. The van der Waals surface area contributed by atoms with Crippen LogP contribution in [0.4, 0.5) is 0 Å². The molecule has 1 amide bonds. The first-order valence-electron chi connectivity index (χ1n) is 8.13. The molecule has 1 aliphatic heterocycles. The number of rotatable bonds is 6. The Morgan fingerprint density at radius 1 is 1.23 bits per heavy atom. The van der Waals surface area contributed by atoms with E-state index >= 15 is 0 Å². The molecule has 134 valence electrons. The Morgan fingerprint density at radius 2 is 2.00 bits per heavy atom. The van der Waals surface area contributed by atoms with Crippen LogP contribution in [-0.2, 0) is 27.4 Å². The Hall–Kier alpha value is -2.68. The maximum absolute atomic E-state index is 12.3. The van der Waals surface area contributed by atoms with Crippen LogP contribution in [-0.4, -0.2) is 41.8 Å². The molecule has 0 unspecified atom stereocenters. The largest absolute Gasteiger partial charge is 0.491 e. The fourth-order valence-corrected chi connectivity index (χ4v) is 2.61. The molecular weight excluding hydrogens is 337 g/mol. The van der Waals surface area contributed by atoms with Gasteiger partial charge in [0.05, 0.1) is 13.2 Å². The maximum Gasteiger partial charge on any atom is 0.491 e. The van der Waals surface area contributed by atoms with Gasteiger partial charge in [0.2, 0.25) is 0 Å². The number of aliphatic hydroxyl groups excluding tert-OH is 1. The molecule has 0 fully saturated rings. The topological polar surface area (TPSA) is 105 Å². The molecule has 0 saturated carbocycles. The van der Waals surface area contributed by atoms with E-state index in [9.17, 15) is 19.7 Å². The van der Waals surface area contributed by atoms with Crippen LogP contribution in [0.25, 0.3) is 0 Å². The molecule has 3 N–H and O–H groups in total. The van der Waals surface area contributed by atoms with Crippen molar-refractivity contribution in [3.05, 3.63) is 65.2 Å². The minimum Gasteiger partial charge on any atom is -0.459 e. The highest BCUT2D eigenvalue weighted by atomic mass is 16.5. The smallest absolute Gasteiger partial charge is 0.459 e. The predicted octanol–water partition coefficient (Wildman–Crippen LogP) is -0.262. The van der Waals surface area contributed by atoms with Crippen molar-refractivity contribution >= 4 is 24.5 Å². The van der Waals surface area contributed by atoms with E-state index in [-0.39, 0.29) is 18.8 Å². The lowest BCUT2D eigenvalue weighted by Crippen LogP contribution is -2.44. The van der Waals surface area contributed by atoms with E-state index < -0.39 is 31.6 Å². The number of fused-ring (bicyclic) bond motifs is 1. The van der Waals surface area contributed by atoms with Gasteiger partial charge >= 0.3 is 13.1 Å². The Labute approximate surface area is 150 Å². The van der Waals surface area contributed by atoms with E-state index in [1.165, 1.54) is 6.07 Å². The van der Waals surface area contributed by atoms with Gasteiger partial charge in [0.25, 0.3) is 5.91 Å². The lowest BCUT2D eigenvalue weighted by Gasteiger charge is -2.16. The zero-order valence-electron chi connectivity index (χ0n) is 13.9. The first-order valence-corrected chi connectivity index (χ1v) is 8.13. The predicted molar refractivity (Wildman–Crippen MR) is 93.4 cm³/mol. The summed E-state index contributed by atoms with van der Waals surface area (Å²) in [6.07, 6.45) is 0. The Kier molecular flexibility index (Phi) is 5.67.